The molecule has 0 nitrogen and oxygen atoms in total. The lowest BCUT2D eigenvalue weighted by Crippen LogP contribution is -2.15. The van der Waals surface area contributed by atoms with Gasteiger partial charge < -0.3 is 0 Å². The summed E-state index contributed by atoms with van der Waals surface area (Å²) in [4.78, 5) is 0. The fraction of sp³-hybridized carbons (Fsp3) is 0.0909. The largest absolute Gasteiger partial charge is 0.0622 e. The van der Waals surface area contributed by atoms with Gasteiger partial charge >= 0.3 is 0 Å². The molecule has 0 amide bonds. The Morgan fingerprint density at radius 1 is 0.114 bits per heavy atom. The van der Waals surface area contributed by atoms with Crippen LogP contribution in [-0.4, -0.2) is 0 Å². The van der Waals surface area contributed by atoms with Crippen molar-refractivity contribution < 1.29 is 0 Å². The quantitative estimate of drug-likeness (QED) is 0.105. The lowest BCUT2D eigenvalue weighted by atomic mass is 9.79. The molecule has 27 rings (SSSR count). The van der Waals surface area contributed by atoms with E-state index in [0.717, 1.165) is 0 Å². The Bertz CT molecular complexity index is 8880. The molecule has 0 spiro atoms. The van der Waals surface area contributed by atoms with Crippen LogP contribution in [-0.2, 0) is 21.7 Å². The van der Waals surface area contributed by atoms with Crippen LogP contribution in [0, 0.1) is 0 Å². The second-order valence-corrected chi connectivity index (χ2v) is 39.4. The summed E-state index contributed by atoms with van der Waals surface area (Å²) in [7, 11) is 0. The Morgan fingerprint density at radius 2 is 0.341 bits per heavy atom. The van der Waals surface area contributed by atoms with Gasteiger partial charge in [-0.15, -0.1) is 0 Å². The Labute approximate surface area is 771 Å². The minimum atomic E-state index is -0.136. The Kier molecular flexibility index (Phi) is 17.0. The first-order valence-electron chi connectivity index (χ1n) is 46.9. The fourth-order valence-electron chi connectivity index (χ4n) is 24.8. The van der Waals surface area contributed by atoms with E-state index >= 15 is 0 Å². The number of benzene rings is 23. The van der Waals surface area contributed by atoms with Crippen molar-refractivity contribution in [2.24, 2.45) is 0 Å². The van der Waals surface area contributed by atoms with Crippen LogP contribution in [0.2, 0.25) is 0 Å². The predicted octanol–water partition coefficient (Wildman–Crippen LogP) is 36.3. The molecule has 0 aromatic heterocycles. The topological polar surface area (TPSA) is 0 Å². The summed E-state index contributed by atoms with van der Waals surface area (Å²) in [5.74, 6) is 0. The number of hydrogen-bond acceptors (Lipinski definition) is 0. The highest BCUT2D eigenvalue weighted by Crippen LogP contribution is 2.59. The zero-order valence-corrected chi connectivity index (χ0v) is 75.4. The molecule has 132 heavy (non-hydrogen) atoms. The number of rotatable bonds is 8. The molecule has 0 unspecified atom stereocenters. The van der Waals surface area contributed by atoms with Crippen molar-refractivity contribution in [2.45, 2.75) is 77.0 Å². The smallest absolute Gasteiger partial charge is 0.0159 e. The van der Waals surface area contributed by atoms with Gasteiger partial charge in [-0.2, -0.15) is 0 Å². The van der Waals surface area contributed by atoms with Crippen molar-refractivity contribution in [1.29, 1.82) is 0 Å². The van der Waals surface area contributed by atoms with Crippen LogP contribution in [0.3, 0.4) is 0 Å². The Morgan fingerprint density at radius 3 is 0.705 bits per heavy atom. The first-order valence-corrected chi connectivity index (χ1v) is 46.9. The van der Waals surface area contributed by atoms with Crippen LogP contribution in [0.1, 0.15) is 99.9 Å². The highest BCUT2D eigenvalue weighted by molar-refractivity contribution is 6.29. The SMILES string of the molecule is CC1(C)c2ccccc2-c2ccc(-c3c4ccccc4c(-c4ccc5c(c4)C(C)(C)c4ccccc4-5)c4cc(-c5c6ccccc6c(-c6cc7ccccc7c7ccccc67)c6ccccc56)ccc34)cc21.CC1(C)c2ccccc2-c2ccc(-c3c4ccccc4c(-c4ccc5c(c4)C(C)(C)c4ccccc4-5)c4cc(-c5ccc(-c6ccccc6)c6ccccc56)ccc34)cc21. The van der Waals surface area contributed by atoms with Crippen LogP contribution in [0.5, 0.6) is 0 Å². The third-order valence-electron chi connectivity index (χ3n) is 31.1. The molecule has 0 bridgehead atoms. The van der Waals surface area contributed by atoms with E-state index in [1.165, 1.54) is 275 Å². The summed E-state index contributed by atoms with van der Waals surface area (Å²) in [6, 6.07) is 161. The van der Waals surface area contributed by atoms with Crippen molar-refractivity contribution in [3.05, 3.63) is 469 Å². The standard InChI is InChI=1S/C72H50.C60H44/c1-71(2)63-31-17-15-23-50(63)52-36-33-45(41-65(52)71)68-54-25-9-10-26-55(54)69(46-34-37-53-51-24-16-18-32-64(51)72(3,4)66(53)42-46)62-40-44(35-38-60(62)68)67-56-27-11-13-29-58(56)70(59-30-14-12-28-57(59)67)61-39-43-19-5-6-20-47(43)48-21-7-8-22-49(48)61;1-59(2)53-24-14-12-20-45(53)47-29-27-39(35-55(47)59)57-49-22-10-11-23-50(49)58(40-28-30-48-46-21-13-15-25-54(46)60(3,4)56(48)36-40)52-34-38(26-31-51(52)57)42-33-32-41(37-16-6-5-7-17-37)43-18-8-9-19-44(42)43/h5-42H,1-4H3;5-36H,1-4H3. The van der Waals surface area contributed by atoms with Crippen molar-refractivity contribution in [3.8, 4) is 134 Å². The maximum absolute atomic E-state index is 2.54. The minimum absolute atomic E-state index is 0.0948. The third kappa shape index (κ3) is 11.3. The molecule has 4 aliphatic carbocycles. The molecule has 4 aliphatic rings. The summed E-state index contributed by atoms with van der Waals surface area (Å²) >= 11 is 0. The summed E-state index contributed by atoms with van der Waals surface area (Å²) in [6.45, 7) is 19.1. The van der Waals surface area contributed by atoms with Crippen LogP contribution in [0.25, 0.3) is 230 Å². The third-order valence-corrected chi connectivity index (χ3v) is 31.1. The zero-order chi connectivity index (χ0) is 88.4. The van der Waals surface area contributed by atoms with E-state index in [-0.39, 0.29) is 21.7 Å². The second-order valence-electron chi connectivity index (χ2n) is 39.4. The molecule has 0 saturated carbocycles. The van der Waals surface area contributed by atoms with Gasteiger partial charge in [0.05, 0.1) is 0 Å². The van der Waals surface area contributed by atoms with E-state index in [0.29, 0.717) is 0 Å². The fourth-order valence-corrected chi connectivity index (χ4v) is 24.8. The average Bonchev–Trinajstić information content (AvgIpc) is 1.43. The van der Waals surface area contributed by atoms with Gasteiger partial charge in [0, 0.05) is 21.7 Å². The second kappa shape index (κ2) is 29.0. The highest BCUT2D eigenvalue weighted by Gasteiger charge is 2.41. The van der Waals surface area contributed by atoms with Crippen molar-refractivity contribution in [2.75, 3.05) is 0 Å². The van der Waals surface area contributed by atoms with E-state index < -0.39 is 0 Å². The van der Waals surface area contributed by atoms with Gasteiger partial charge in [0.2, 0.25) is 0 Å². The molecule has 0 saturated heterocycles. The maximum Gasteiger partial charge on any atom is 0.0159 e. The van der Waals surface area contributed by atoms with Crippen LogP contribution >= 0.6 is 0 Å². The molecule has 0 heterocycles. The van der Waals surface area contributed by atoms with E-state index in [1.807, 2.05) is 0 Å². The molecule has 0 fully saturated rings. The zero-order valence-electron chi connectivity index (χ0n) is 75.4. The van der Waals surface area contributed by atoms with Gasteiger partial charge in [0.25, 0.3) is 0 Å². The molecule has 0 N–H and O–H groups in total. The maximum atomic E-state index is 2.54. The van der Waals surface area contributed by atoms with Gasteiger partial charge in [-0.1, -0.05) is 438 Å². The first kappa shape index (κ1) is 77.5. The van der Waals surface area contributed by atoms with Crippen molar-refractivity contribution >= 4 is 97.0 Å². The van der Waals surface area contributed by atoms with E-state index in [2.05, 4.69) is 480 Å². The molecular formula is C132H94. The van der Waals surface area contributed by atoms with Gasteiger partial charge in [-0.3, -0.25) is 0 Å². The van der Waals surface area contributed by atoms with Gasteiger partial charge in [0.15, 0.2) is 0 Å². The van der Waals surface area contributed by atoms with Crippen molar-refractivity contribution in [1.82, 2.24) is 0 Å². The summed E-state index contributed by atoms with van der Waals surface area (Å²) in [6.07, 6.45) is 0. The van der Waals surface area contributed by atoms with E-state index in [1.54, 1.807) is 0 Å². The molecule has 622 valence electrons. The molecule has 0 aliphatic heterocycles. The van der Waals surface area contributed by atoms with Crippen LogP contribution in [0.4, 0.5) is 0 Å². The normalized spacial score (nSPS) is 14.2. The first-order chi connectivity index (χ1) is 64.5. The molecule has 0 atom stereocenters. The van der Waals surface area contributed by atoms with E-state index in [9.17, 15) is 0 Å². The molecule has 0 heteroatoms. The highest BCUT2D eigenvalue weighted by atomic mass is 14.4. The van der Waals surface area contributed by atoms with Crippen LogP contribution < -0.4 is 0 Å². The number of hydrogen-bond donors (Lipinski definition) is 0. The molecule has 23 aromatic rings. The summed E-state index contributed by atoms with van der Waals surface area (Å²) in [5, 5.41) is 22.8. The van der Waals surface area contributed by atoms with Gasteiger partial charge in [0.1, 0.15) is 0 Å². The summed E-state index contributed by atoms with van der Waals surface area (Å²) in [5.41, 5.74) is 41.6. The Hall–Kier alpha value is -15.6. The number of fused-ring (bicyclic) bond motifs is 22. The lowest BCUT2D eigenvalue weighted by Gasteiger charge is -2.24. The molecular weight excluding hydrogens is 1590 g/mol. The van der Waals surface area contributed by atoms with E-state index in [4.69, 9.17) is 0 Å². The molecule has 0 radical (unpaired) electrons. The Balaban J connectivity index is 0.000000141. The van der Waals surface area contributed by atoms with Gasteiger partial charge in [-0.05, 0) is 317 Å². The van der Waals surface area contributed by atoms with Crippen LogP contribution in [0.15, 0.2) is 425 Å². The summed E-state index contributed by atoms with van der Waals surface area (Å²) < 4.78 is 0. The average molecular weight is 1680 g/mol. The predicted molar refractivity (Wildman–Crippen MR) is 564 cm³/mol. The molecule has 23 aromatic carbocycles. The van der Waals surface area contributed by atoms with Gasteiger partial charge in [-0.25, -0.2) is 0 Å². The minimum Gasteiger partial charge on any atom is -0.0622 e. The lowest BCUT2D eigenvalue weighted by molar-refractivity contribution is 0.660. The van der Waals surface area contributed by atoms with Crippen molar-refractivity contribution in [3.63, 3.8) is 0 Å². The monoisotopic (exact) mass is 1680 g/mol.